The molecule has 7 rings (SSSR count). The maximum Gasteiger partial charge on any atom is 0.246 e. The second-order valence-corrected chi connectivity index (χ2v) is 19.5. The van der Waals surface area contributed by atoms with Crippen molar-refractivity contribution in [1.29, 1.82) is 0 Å². The number of halogens is 1. The number of β-amino-alcohol motifs (C(OH)–C–C–N with tert-alkyl or cyclic N) is 1. The monoisotopic (exact) mass is 1010 g/mol. The van der Waals surface area contributed by atoms with Crippen LogP contribution < -0.4 is 20.1 Å². The van der Waals surface area contributed by atoms with Crippen molar-refractivity contribution in [1.82, 2.24) is 20.5 Å². The zero-order chi connectivity index (χ0) is 48.4. The molecule has 4 atom stereocenters. The number of aliphatic hydroxyl groups excluding tert-OH is 1. The third-order valence-corrected chi connectivity index (χ3v) is 13.0. The molecule has 15 nitrogen and oxygen atoms in total. The number of carbonyl (C=O) groups is 3. The Morgan fingerprint density at radius 1 is 0.868 bits per heavy atom. The van der Waals surface area contributed by atoms with Crippen molar-refractivity contribution in [3.8, 4) is 44.8 Å². The minimum atomic E-state index is -0.985. The molecule has 1 saturated heterocycles. The first kappa shape index (κ1) is 50.1. The number of carbonyl (C=O) groups excluding carboxylic acids is 3. The van der Waals surface area contributed by atoms with Gasteiger partial charge in [-0.25, -0.2) is 4.98 Å². The molecule has 2 aromatic heterocycles. The normalized spacial score (nSPS) is 15.8. The quantitative estimate of drug-likeness (QED) is 0.0503. The van der Waals surface area contributed by atoms with Crippen LogP contribution in [0.2, 0.25) is 0 Å². The van der Waals surface area contributed by atoms with E-state index in [1.807, 2.05) is 113 Å². The van der Waals surface area contributed by atoms with Gasteiger partial charge in [0.05, 0.1) is 55.8 Å². The van der Waals surface area contributed by atoms with Crippen LogP contribution in [0.1, 0.15) is 51.4 Å². The Morgan fingerprint density at radius 2 is 1.51 bits per heavy atom. The van der Waals surface area contributed by atoms with Gasteiger partial charge in [0.2, 0.25) is 17.7 Å². The van der Waals surface area contributed by atoms with E-state index in [0.717, 1.165) is 47.6 Å². The Labute approximate surface area is 407 Å². The number of nitrogens with one attached hydrogen (secondary N) is 2. The number of nitrogens with zero attached hydrogens (tertiary/aromatic N) is 2. The molecule has 17 heteroatoms. The molecule has 3 heterocycles. The molecule has 0 saturated carbocycles. The van der Waals surface area contributed by atoms with E-state index in [2.05, 4.69) is 31.5 Å². The van der Waals surface area contributed by atoms with Crippen LogP contribution in [0.3, 0.4) is 0 Å². The average Bonchev–Trinajstić information content (AvgIpc) is 4.03. The highest BCUT2D eigenvalue weighted by Gasteiger charge is 2.44. The molecule has 1 unspecified atom stereocenters. The lowest BCUT2D eigenvalue weighted by Crippen LogP contribution is -2.58. The van der Waals surface area contributed by atoms with Crippen LogP contribution in [-0.2, 0) is 28.6 Å². The van der Waals surface area contributed by atoms with E-state index in [4.69, 9.17) is 28.1 Å². The molecule has 360 valence electrons. The van der Waals surface area contributed by atoms with Gasteiger partial charge in [-0.05, 0) is 85.0 Å². The number of oxazole rings is 1. The summed E-state index contributed by atoms with van der Waals surface area (Å²) in [5, 5.41) is 27.4. The molecule has 1 aliphatic heterocycles. The Bertz CT molecular complexity index is 2630. The van der Waals surface area contributed by atoms with Crippen LogP contribution in [0.5, 0.6) is 23.0 Å². The fourth-order valence-electron chi connectivity index (χ4n) is 7.72. The van der Waals surface area contributed by atoms with E-state index in [0.29, 0.717) is 43.7 Å². The standard InChI is InChI=1S/C51H57BrN4O11S/c1-31(33-6-8-34(9-7-33)45-32(2)53-30-66-45)54-49(60)42-26-38(58)28-56(42)50(61)48(51(3,4)5)55-44(59)29-64-23-22-62-20-21-63-24-25-65-39-15-17-40(18-16-39)67-46-41-19-14-37(57)27-43(41)68-47(46)35-10-12-36(52)13-11-35/h6-19,27,30-31,38,42,48,57-58H,20-26,28-29H2,1-5H3,(H,54,60)(H,55,59)/t31-,38+,42-,48?/m0/s1. The number of amides is 3. The van der Waals surface area contributed by atoms with Gasteiger partial charge in [0.15, 0.2) is 17.9 Å². The predicted molar refractivity (Wildman–Crippen MR) is 262 cm³/mol. The smallest absolute Gasteiger partial charge is 0.246 e. The van der Waals surface area contributed by atoms with Crippen molar-refractivity contribution in [3.05, 3.63) is 113 Å². The van der Waals surface area contributed by atoms with E-state index in [9.17, 15) is 24.6 Å². The first-order chi connectivity index (χ1) is 32.6. The Morgan fingerprint density at radius 3 is 2.18 bits per heavy atom. The number of aliphatic hydroxyl groups is 1. The Hall–Kier alpha value is -5.82. The molecule has 68 heavy (non-hydrogen) atoms. The lowest BCUT2D eigenvalue weighted by atomic mass is 9.85. The number of rotatable bonds is 21. The third kappa shape index (κ3) is 13.0. The molecule has 6 aromatic rings. The summed E-state index contributed by atoms with van der Waals surface area (Å²) in [6.45, 7) is 10.5. The summed E-state index contributed by atoms with van der Waals surface area (Å²) in [4.78, 5) is 47.1. The Kier molecular flexibility index (Phi) is 16.9. The van der Waals surface area contributed by atoms with Crippen LogP contribution in [-0.4, -0.2) is 109 Å². The minimum Gasteiger partial charge on any atom is -0.508 e. The maximum absolute atomic E-state index is 14.0. The number of phenolic OH excluding ortho intramolecular Hbond substituents is 1. The highest BCUT2D eigenvalue weighted by atomic mass is 79.9. The number of phenols is 1. The number of aryl methyl sites for hydroxylation is 1. The van der Waals surface area contributed by atoms with Crippen LogP contribution in [0.25, 0.3) is 31.9 Å². The van der Waals surface area contributed by atoms with Crippen molar-refractivity contribution < 1.29 is 52.7 Å². The zero-order valence-electron chi connectivity index (χ0n) is 38.7. The van der Waals surface area contributed by atoms with Crippen LogP contribution in [0.15, 0.2) is 106 Å². The number of aromatic hydroxyl groups is 1. The zero-order valence-corrected chi connectivity index (χ0v) is 41.1. The van der Waals surface area contributed by atoms with E-state index in [1.54, 1.807) is 23.5 Å². The molecule has 4 aromatic carbocycles. The number of ether oxygens (including phenoxy) is 5. The minimum absolute atomic E-state index is 0.0354. The number of likely N-dealkylation sites (tertiary alicyclic amines) is 1. The average molecular weight is 1010 g/mol. The van der Waals surface area contributed by atoms with E-state index in [1.165, 1.54) is 11.3 Å². The molecule has 1 fully saturated rings. The highest BCUT2D eigenvalue weighted by Crippen LogP contribution is 2.47. The van der Waals surface area contributed by atoms with Gasteiger partial charge in [-0.1, -0.05) is 73.1 Å². The molecule has 0 aliphatic carbocycles. The van der Waals surface area contributed by atoms with E-state index >= 15 is 0 Å². The number of aromatic nitrogens is 1. The van der Waals surface area contributed by atoms with Crippen molar-refractivity contribution in [2.45, 2.75) is 65.3 Å². The van der Waals surface area contributed by atoms with Crippen LogP contribution in [0, 0.1) is 12.3 Å². The molecule has 0 spiro atoms. The third-order valence-electron chi connectivity index (χ3n) is 11.3. The van der Waals surface area contributed by atoms with Gasteiger partial charge in [0.25, 0.3) is 0 Å². The number of hydrogen-bond acceptors (Lipinski definition) is 13. The summed E-state index contributed by atoms with van der Waals surface area (Å²) >= 11 is 5.06. The number of fused-ring (bicyclic) bond motifs is 1. The highest BCUT2D eigenvalue weighted by molar-refractivity contribution is 9.10. The first-order valence-electron chi connectivity index (χ1n) is 22.4. The largest absolute Gasteiger partial charge is 0.508 e. The second kappa shape index (κ2) is 23.0. The number of thiophene rings is 1. The fourth-order valence-corrected chi connectivity index (χ4v) is 9.15. The number of hydrogen-bond donors (Lipinski definition) is 4. The van der Waals surface area contributed by atoms with Gasteiger partial charge in [-0.3, -0.25) is 14.4 Å². The molecular weight excluding hydrogens is 957 g/mol. The van der Waals surface area contributed by atoms with Gasteiger partial charge < -0.3 is 53.8 Å². The lowest BCUT2D eigenvalue weighted by Gasteiger charge is -2.35. The summed E-state index contributed by atoms with van der Waals surface area (Å²) in [5.41, 5.74) is 2.78. The van der Waals surface area contributed by atoms with Gasteiger partial charge in [0, 0.05) is 33.1 Å². The molecule has 1 aliphatic rings. The predicted octanol–water partition coefficient (Wildman–Crippen LogP) is 8.59. The molecule has 0 radical (unpaired) electrons. The summed E-state index contributed by atoms with van der Waals surface area (Å²) in [7, 11) is 0. The topological polar surface area (TPSA) is 191 Å². The van der Waals surface area contributed by atoms with Crippen molar-refractivity contribution in [2.75, 3.05) is 52.8 Å². The summed E-state index contributed by atoms with van der Waals surface area (Å²) in [6.07, 6.45) is 0.577. The SMILES string of the molecule is Cc1ncoc1-c1ccc([C@H](C)NC(=O)[C@@H]2C[C@@H](O)CN2C(=O)C(NC(=O)COCCOCCOCCOc2ccc(Oc3c(-c4ccc(Br)cc4)sc4cc(O)ccc34)cc2)C(C)(C)C)cc1. The van der Waals surface area contributed by atoms with E-state index < -0.39 is 41.3 Å². The second-order valence-electron chi connectivity index (χ2n) is 17.5. The lowest BCUT2D eigenvalue weighted by molar-refractivity contribution is -0.144. The van der Waals surface area contributed by atoms with Crippen LogP contribution in [0.4, 0.5) is 0 Å². The fraction of sp³-hybridized carbons (Fsp3) is 0.373. The van der Waals surface area contributed by atoms with Gasteiger partial charge in [0.1, 0.15) is 42.5 Å². The van der Waals surface area contributed by atoms with Gasteiger partial charge in [-0.15, -0.1) is 11.3 Å². The summed E-state index contributed by atoms with van der Waals surface area (Å²) in [6, 6.07) is 25.9. The summed E-state index contributed by atoms with van der Waals surface area (Å²) in [5.74, 6) is 1.55. The van der Waals surface area contributed by atoms with Crippen LogP contribution >= 0.6 is 27.3 Å². The molecular formula is C51H57BrN4O11S. The van der Waals surface area contributed by atoms with E-state index in [-0.39, 0.29) is 44.6 Å². The maximum atomic E-state index is 14.0. The Balaban J connectivity index is 0.780. The van der Waals surface area contributed by atoms with Gasteiger partial charge >= 0.3 is 0 Å². The van der Waals surface area contributed by atoms with Crippen molar-refractivity contribution in [3.63, 3.8) is 0 Å². The van der Waals surface area contributed by atoms with Crippen molar-refractivity contribution >= 4 is 55.1 Å². The van der Waals surface area contributed by atoms with Gasteiger partial charge in [-0.2, -0.15) is 0 Å². The molecule has 4 N–H and O–H groups in total. The molecule has 0 bridgehead atoms. The number of benzene rings is 4. The first-order valence-corrected chi connectivity index (χ1v) is 24.0. The summed E-state index contributed by atoms with van der Waals surface area (Å²) < 4.78 is 36.4. The molecule has 3 amide bonds. The van der Waals surface area contributed by atoms with Crippen molar-refractivity contribution in [2.24, 2.45) is 5.41 Å².